The third-order valence-electron chi connectivity index (χ3n) is 9.52. The summed E-state index contributed by atoms with van der Waals surface area (Å²) >= 11 is 1.86. The van der Waals surface area contributed by atoms with Gasteiger partial charge in [0.2, 0.25) is 0 Å². The fourth-order valence-corrected chi connectivity index (χ4v) is 8.36. The second-order valence-electron chi connectivity index (χ2n) is 12.6. The maximum absolute atomic E-state index is 5.28. The van der Waals surface area contributed by atoms with Gasteiger partial charge in [-0.3, -0.25) is 0 Å². The molecule has 0 radical (unpaired) electrons. The summed E-state index contributed by atoms with van der Waals surface area (Å²) in [6.45, 7) is 4.71. The van der Waals surface area contributed by atoms with Crippen molar-refractivity contribution in [2.75, 3.05) is 0 Å². The van der Waals surface area contributed by atoms with Gasteiger partial charge in [0.1, 0.15) is 0 Å². The quantitative estimate of drug-likeness (QED) is 0.199. The zero-order chi connectivity index (χ0) is 30.8. The van der Waals surface area contributed by atoms with E-state index in [1.54, 1.807) is 0 Å². The van der Waals surface area contributed by atoms with E-state index in [4.69, 9.17) is 9.97 Å². The Labute approximate surface area is 272 Å². The Kier molecular flexibility index (Phi) is 6.06. The minimum absolute atomic E-state index is 0.0947. The molecule has 0 amide bonds. The molecule has 6 aromatic carbocycles. The molecule has 0 N–H and O–H groups in total. The average molecular weight is 607 g/mol. The van der Waals surface area contributed by atoms with Crippen molar-refractivity contribution in [2.24, 2.45) is 0 Å². The first-order valence-electron chi connectivity index (χ1n) is 15.8. The fraction of sp³-hybridized carbons (Fsp3) is 0.0698. The Balaban J connectivity index is 1.35. The van der Waals surface area contributed by atoms with Crippen molar-refractivity contribution in [2.45, 2.75) is 19.3 Å². The van der Waals surface area contributed by atoms with Gasteiger partial charge in [0.05, 0.1) is 11.4 Å². The molecule has 2 nitrogen and oxygen atoms in total. The zero-order valence-electron chi connectivity index (χ0n) is 25.7. The molecule has 0 atom stereocenters. The molecule has 0 saturated carbocycles. The van der Waals surface area contributed by atoms with Crippen LogP contribution in [0.3, 0.4) is 0 Å². The van der Waals surface area contributed by atoms with E-state index in [1.807, 2.05) is 35.6 Å². The number of hydrogen-bond donors (Lipinski definition) is 0. The molecular weight excluding hydrogens is 577 g/mol. The van der Waals surface area contributed by atoms with Crippen LogP contribution in [0.4, 0.5) is 0 Å². The van der Waals surface area contributed by atoms with Crippen LogP contribution in [0.1, 0.15) is 25.0 Å². The van der Waals surface area contributed by atoms with Crippen molar-refractivity contribution in [1.29, 1.82) is 0 Å². The van der Waals surface area contributed by atoms with E-state index in [1.165, 1.54) is 53.6 Å². The van der Waals surface area contributed by atoms with Crippen LogP contribution < -0.4 is 0 Å². The maximum Gasteiger partial charge on any atom is 0.160 e. The van der Waals surface area contributed by atoms with E-state index in [2.05, 4.69) is 135 Å². The Morgan fingerprint density at radius 1 is 0.478 bits per heavy atom. The minimum Gasteiger partial charge on any atom is -0.228 e. The number of aromatic nitrogens is 2. The lowest BCUT2D eigenvalue weighted by atomic mass is 9.81. The first kappa shape index (κ1) is 27.0. The maximum atomic E-state index is 5.28. The van der Waals surface area contributed by atoms with Crippen molar-refractivity contribution in [3.8, 4) is 56.2 Å². The van der Waals surface area contributed by atoms with Gasteiger partial charge in [-0.15, -0.1) is 11.3 Å². The van der Waals surface area contributed by atoms with Crippen LogP contribution in [-0.2, 0) is 5.41 Å². The Hall–Kier alpha value is -5.38. The molecule has 1 aliphatic rings. The Morgan fingerprint density at radius 2 is 1.13 bits per heavy atom. The molecule has 2 aromatic heterocycles. The monoisotopic (exact) mass is 606 g/mol. The van der Waals surface area contributed by atoms with Gasteiger partial charge in [0.15, 0.2) is 5.82 Å². The molecule has 1 aliphatic carbocycles. The molecule has 2 heterocycles. The molecule has 46 heavy (non-hydrogen) atoms. The first-order chi connectivity index (χ1) is 22.6. The fourth-order valence-electron chi connectivity index (χ4n) is 7.25. The van der Waals surface area contributed by atoms with Crippen LogP contribution in [-0.4, -0.2) is 9.97 Å². The number of hydrogen-bond acceptors (Lipinski definition) is 3. The van der Waals surface area contributed by atoms with Crippen molar-refractivity contribution >= 4 is 31.5 Å². The van der Waals surface area contributed by atoms with Gasteiger partial charge < -0.3 is 0 Å². The average Bonchev–Trinajstić information content (AvgIpc) is 3.60. The summed E-state index contributed by atoms with van der Waals surface area (Å²) in [5.41, 5.74) is 12.8. The number of rotatable bonds is 4. The van der Waals surface area contributed by atoms with E-state index in [0.29, 0.717) is 0 Å². The third kappa shape index (κ3) is 4.16. The third-order valence-corrected chi connectivity index (χ3v) is 10.7. The molecule has 0 saturated heterocycles. The summed E-state index contributed by atoms with van der Waals surface area (Å²) in [5, 5.41) is 2.57. The van der Waals surface area contributed by atoms with Gasteiger partial charge in [-0.1, -0.05) is 135 Å². The summed E-state index contributed by atoms with van der Waals surface area (Å²) in [7, 11) is 0. The second-order valence-corrected chi connectivity index (χ2v) is 13.7. The summed E-state index contributed by atoms with van der Waals surface area (Å²) < 4.78 is 2.58. The minimum atomic E-state index is -0.0947. The molecule has 0 spiro atoms. The number of thiophene rings is 1. The lowest BCUT2D eigenvalue weighted by molar-refractivity contribution is 0.660. The van der Waals surface area contributed by atoms with Crippen molar-refractivity contribution in [3.05, 3.63) is 157 Å². The Morgan fingerprint density at radius 3 is 1.96 bits per heavy atom. The largest absolute Gasteiger partial charge is 0.228 e. The van der Waals surface area contributed by atoms with E-state index < -0.39 is 0 Å². The normalized spacial score (nSPS) is 13.2. The highest BCUT2D eigenvalue weighted by Gasteiger charge is 2.35. The molecule has 218 valence electrons. The highest BCUT2D eigenvalue weighted by molar-refractivity contribution is 7.26. The molecule has 9 rings (SSSR count). The molecule has 3 heteroatoms. The van der Waals surface area contributed by atoms with Gasteiger partial charge in [-0.05, 0) is 52.1 Å². The predicted molar refractivity (Wildman–Crippen MR) is 194 cm³/mol. The van der Waals surface area contributed by atoms with E-state index >= 15 is 0 Å². The predicted octanol–water partition coefficient (Wildman–Crippen LogP) is 11.8. The topological polar surface area (TPSA) is 25.8 Å². The van der Waals surface area contributed by atoms with Gasteiger partial charge in [0, 0.05) is 47.8 Å². The molecule has 0 bridgehead atoms. The number of benzene rings is 6. The van der Waals surface area contributed by atoms with E-state index in [0.717, 1.165) is 33.9 Å². The highest BCUT2D eigenvalue weighted by Crippen LogP contribution is 2.51. The molecule has 8 aromatic rings. The molecule has 0 fully saturated rings. The number of fused-ring (bicyclic) bond motifs is 6. The zero-order valence-corrected chi connectivity index (χ0v) is 26.5. The van der Waals surface area contributed by atoms with Gasteiger partial charge >= 0.3 is 0 Å². The lowest BCUT2D eigenvalue weighted by Crippen LogP contribution is -2.14. The highest BCUT2D eigenvalue weighted by atomic mass is 32.1. The van der Waals surface area contributed by atoms with Gasteiger partial charge in [-0.2, -0.15) is 0 Å². The standard InChI is InChI=1S/C43H30N2S/c1-43(2)34-19-11-9-17-30(34)31-22-21-29(25-35(31)43)40-32(23-24-39-41(40)33-18-10-12-20-38(33)46-39)37-26-36(27-13-5-3-6-14-27)44-42(45-37)28-15-7-4-8-16-28/h3-26H,1-2H3. The van der Waals surface area contributed by atoms with E-state index in [9.17, 15) is 0 Å². The molecule has 0 aliphatic heterocycles. The summed E-state index contributed by atoms with van der Waals surface area (Å²) in [6, 6.07) is 52.2. The first-order valence-corrected chi connectivity index (χ1v) is 16.6. The number of nitrogens with zero attached hydrogens (tertiary/aromatic N) is 2. The summed E-state index contributed by atoms with van der Waals surface area (Å²) in [4.78, 5) is 10.4. The smallest absolute Gasteiger partial charge is 0.160 e. The molecular formula is C43H30N2S. The van der Waals surface area contributed by atoms with Crippen LogP contribution in [0, 0.1) is 0 Å². The van der Waals surface area contributed by atoms with Crippen LogP contribution in [0.15, 0.2) is 146 Å². The summed E-state index contributed by atoms with van der Waals surface area (Å²) in [5.74, 6) is 0.726. The summed E-state index contributed by atoms with van der Waals surface area (Å²) in [6.07, 6.45) is 0. The van der Waals surface area contributed by atoms with Crippen LogP contribution in [0.25, 0.3) is 76.3 Å². The SMILES string of the molecule is CC1(C)c2ccccc2-c2ccc(-c3c(-c4cc(-c5ccccc5)nc(-c5ccccc5)n4)ccc4sc5ccccc5c34)cc21. The van der Waals surface area contributed by atoms with Crippen molar-refractivity contribution in [1.82, 2.24) is 9.97 Å². The Bertz CT molecular complexity index is 2380. The van der Waals surface area contributed by atoms with E-state index in [-0.39, 0.29) is 5.41 Å². The van der Waals surface area contributed by atoms with Crippen LogP contribution in [0.5, 0.6) is 0 Å². The van der Waals surface area contributed by atoms with Crippen molar-refractivity contribution < 1.29 is 0 Å². The second kappa shape index (κ2) is 10.3. The van der Waals surface area contributed by atoms with Gasteiger partial charge in [0.25, 0.3) is 0 Å². The van der Waals surface area contributed by atoms with Crippen molar-refractivity contribution in [3.63, 3.8) is 0 Å². The van der Waals surface area contributed by atoms with Gasteiger partial charge in [-0.25, -0.2) is 9.97 Å². The van der Waals surface area contributed by atoms with Crippen LogP contribution in [0.2, 0.25) is 0 Å². The lowest BCUT2D eigenvalue weighted by Gasteiger charge is -2.22. The van der Waals surface area contributed by atoms with Crippen LogP contribution >= 0.6 is 11.3 Å². The molecule has 0 unspecified atom stereocenters.